The minimum atomic E-state index is -0.850. The van der Waals surface area contributed by atoms with Gasteiger partial charge < -0.3 is 20.8 Å². The highest BCUT2D eigenvalue weighted by Crippen LogP contribution is 2.45. The first kappa shape index (κ1) is 14.4. The van der Waals surface area contributed by atoms with Crippen molar-refractivity contribution in [2.75, 3.05) is 0 Å². The van der Waals surface area contributed by atoms with Crippen molar-refractivity contribution in [1.29, 1.82) is 0 Å². The molecular formula is C13H21N5O2. The molecule has 1 aromatic rings. The third kappa shape index (κ3) is 2.61. The molecule has 20 heavy (non-hydrogen) atoms. The van der Waals surface area contributed by atoms with Crippen molar-refractivity contribution in [1.82, 2.24) is 14.9 Å². The number of nitrogens with two attached hydrogens (primary N) is 1. The van der Waals surface area contributed by atoms with Crippen LogP contribution in [0, 0.1) is 11.3 Å². The quantitative estimate of drug-likeness (QED) is 0.317. The SMILES string of the molecule is CC1CC(C(=O)NC(C)Cn2ccnc2)(/C(N)=N/O)C1. The van der Waals surface area contributed by atoms with E-state index in [0.29, 0.717) is 25.3 Å². The van der Waals surface area contributed by atoms with Gasteiger partial charge in [-0.05, 0) is 25.7 Å². The van der Waals surface area contributed by atoms with Gasteiger partial charge in [-0.1, -0.05) is 12.1 Å². The maximum Gasteiger partial charge on any atom is 0.234 e. The molecule has 110 valence electrons. The van der Waals surface area contributed by atoms with Crippen LogP contribution in [0.5, 0.6) is 0 Å². The molecule has 0 spiro atoms. The molecule has 1 aliphatic carbocycles. The Hall–Kier alpha value is -2.05. The van der Waals surface area contributed by atoms with Crippen molar-refractivity contribution in [2.45, 2.75) is 39.3 Å². The summed E-state index contributed by atoms with van der Waals surface area (Å²) < 4.78 is 1.89. The Labute approximate surface area is 117 Å². The number of hydrogen-bond donors (Lipinski definition) is 3. The third-order valence-electron chi connectivity index (χ3n) is 3.85. The van der Waals surface area contributed by atoms with Crippen LogP contribution in [0.2, 0.25) is 0 Å². The maximum absolute atomic E-state index is 12.4. The number of carbonyl (C=O) groups excluding carboxylic acids is 1. The Kier molecular flexibility index (Phi) is 3.96. The molecule has 1 aliphatic rings. The molecule has 2 rings (SSSR count). The fraction of sp³-hybridized carbons (Fsp3) is 0.615. The van der Waals surface area contributed by atoms with E-state index in [2.05, 4.69) is 15.5 Å². The highest BCUT2D eigenvalue weighted by molar-refractivity contribution is 6.07. The summed E-state index contributed by atoms with van der Waals surface area (Å²) in [5.74, 6) is 0.242. The highest BCUT2D eigenvalue weighted by atomic mass is 16.4. The van der Waals surface area contributed by atoms with Crippen LogP contribution in [0.3, 0.4) is 0 Å². The Morgan fingerprint density at radius 2 is 2.40 bits per heavy atom. The molecule has 1 heterocycles. The topological polar surface area (TPSA) is 106 Å². The number of aromatic nitrogens is 2. The molecule has 0 aliphatic heterocycles. The van der Waals surface area contributed by atoms with E-state index in [1.165, 1.54) is 0 Å². The van der Waals surface area contributed by atoms with E-state index < -0.39 is 5.41 Å². The highest BCUT2D eigenvalue weighted by Gasteiger charge is 2.52. The predicted octanol–water partition coefficient (Wildman–Crippen LogP) is 0.551. The Morgan fingerprint density at radius 1 is 1.70 bits per heavy atom. The second-order valence-electron chi connectivity index (χ2n) is 5.71. The van der Waals surface area contributed by atoms with Gasteiger partial charge in [0.15, 0.2) is 5.84 Å². The lowest BCUT2D eigenvalue weighted by atomic mass is 9.61. The van der Waals surface area contributed by atoms with Crippen molar-refractivity contribution >= 4 is 11.7 Å². The number of rotatable bonds is 5. The number of carbonyl (C=O) groups is 1. The zero-order valence-electron chi connectivity index (χ0n) is 11.8. The summed E-state index contributed by atoms with van der Waals surface area (Å²) in [6, 6.07) is -0.0593. The number of amides is 1. The van der Waals surface area contributed by atoms with Gasteiger partial charge >= 0.3 is 0 Å². The first-order chi connectivity index (χ1) is 9.48. The Morgan fingerprint density at radius 3 is 2.90 bits per heavy atom. The Balaban J connectivity index is 1.99. The van der Waals surface area contributed by atoms with Gasteiger partial charge in [-0.3, -0.25) is 4.79 Å². The maximum atomic E-state index is 12.4. The van der Waals surface area contributed by atoms with Crippen LogP contribution in [0.25, 0.3) is 0 Å². The zero-order valence-corrected chi connectivity index (χ0v) is 11.8. The number of nitrogens with one attached hydrogen (secondary N) is 1. The number of oxime groups is 1. The third-order valence-corrected chi connectivity index (χ3v) is 3.85. The van der Waals surface area contributed by atoms with Crippen LogP contribution in [0.4, 0.5) is 0 Å². The Bertz CT molecular complexity index is 491. The fourth-order valence-electron chi connectivity index (χ4n) is 2.86. The van der Waals surface area contributed by atoms with E-state index in [1.54, 1.807) is 12.5 Å². The van der Waals surface area contributed by atoms with Crippen LogP contribution in [-0.4, -0.2) is 32.5 Å². The lowest BCUT2D eigenvalue weighted by molar-refractivity contribution is -0.133. The second-order valence-corrected chi connectivity index (χ2v) is 5.71. The van der Waals surface area contributed by atoms with Crippen LogP contribution < -0.4 is 11.1 Å². The molecular weight excluding hydrogens is 258 g/mol. The summed E-state index contributed by atoms with van der Waals surface area (Å²) in [7, 11) is 0. The van der Waals surface area contributed by atoms with Gasteiger partial charge in [-0.2, -0.15) is 0 Å². The first-order valence-electron chi connectivity index (χ1n) is 6.72. The number of nitrogens with zero attached hydrogens (tertiary/aromatic N) is 3. The van der Waals surface area contributed by atoms with Gasteiger partial charge in [0.2, 0.25) is 5.91 Å². The summed E-state index contributed by atoms with van der Waals surface area (Å²) in [6.07, 6.45) is 6.47. The summed E-state index contributed by atoms with van der Waals surface area (Å²) in [5.41, 5.74) is 4.86. The van der Waals surface area contributed by atoms with E-state index >= 15 is 0 Å². The van der Waals surface area contributed by atoms with Crippen LogP contribution >= 0.6 is 0 Å². The van der Waals surface area contributed by atoms with Gasteiger partial charge in [-0.25, -0.2) is 4.98 Å². The summed E-state index contributed by atoms with van der Waals surface area (Å²) >= 11 is 0. The minimum absolute atomic E-state index is 0.00271. The predicted molar refractivity (Wildman–Crippen MR) is 74.1 cm³/mol. The molecule has 0 saturated heterocycles. The lowest BCUT2D eigenvalue weighted by Gasteiger charge is -2.44. The van der Waals surface area contributed by atoms with Gasteiger partial charge in [-0.15, -0.1) is 0 Å². The first-order valence-corrected chi connectivity index (χ1v) is 6.72. The molecule has 1 amide bonds. The molecule has 0 bridgehead atoms. The van der Waals surface area contributed by atoms with E-state index in [1.807, 2.05) is 24.6 Å². The summed E-state index contributed by atoms with van der Waals surface area (Å²) in [5, 5.41) is 14.9. The standard InChI is InChI=1S/C13H21N5O2/c1-9-5-13(6-9,11(14)17-20)12(19)16-10(2)7-18-4-3-15-8-18/h3-4,8-10,20H,5-7H2,1-2H3,(H2,14,17)(H,16,19). The number of hydrogen-bond acceptors (Lipinski definition) is 4. The van der Waals surface area contributed by atoms with Crippen molar-refractivity contribution in [3.63, 3.8) is 0 Å². The summed E-state index contributed by atoms with van der Waals surface area (Å²) in [4.78, 5) is 16.4. The van der Waals surface area contributed by atoms with E-state index in [4.69, 9.17) is 10.9 Å². The largest absolute Gasteiger partial charge is 0.409 e. The smallest absolute Gasteiger partial charge is 0.234 e. The van der Waals surface area contributed by atoms with E-state index in [0.717, 1.165) is 0 Å². The van der Waals surface area contributed by atoms with Gasteiger partial charge in [0.05, 0.1) is 6.33 Å². The van der Waals surface area contributed by atoms with Crippen molar-refractivity contribution in [2.24, 2.45) is 22.2 Å². The normalized spacial score (nSPS) is 27.7. The molecule has 0 aromatic carbocycles. The molecule has 1 aromatic heterocycles. The molecule has 1 atom stereocenters. The zero-order chi connectivity index (χ0) is 14.8. The lowest BCUT2D eigenvalue weighted by Crippen LogP contribution is -2.58. The second kappa shape index (κ2) is 5.52. The molecule has 1 unspecified atom stereocenters. The van der Waals surface area contributed by atoms with Crippen molar-refractivity contribution in [3.8, 4) is 0 Å². The van der Waals surface area contributed by atoms with Crippen LogP contribution in [0.1, 0.15) is 26.7 Å². The monoisotopic (exact) mass is 279 g/mol. The van der Waals surface area contributed by atoms with E-state index in [9.17, 15) is 4.79 Å². The number of imidazole rings is 1. The van der Waals surface area contributed by atoms with E-state index in [-0.39, 0.29) is 17.8 Å². The van der Waals surface area contributed by atoms with Gasteiger partial charge in [0.25, 0.3) is 0 Å². The molecule has 7 nitrogen and oxygen atoms in total. The molecule has 7 heteroatoms. The molecule has 0 radical (unpaired) electrons. The molecule has 1 saturated carbocycles. The fourth-order valence-corrected chi connectivity index (χ4v) is 2.86. The van der Waals surface area contributed by atoms with Crippen LogP contribution in [-0.2, 0) is 11.3 Å². The van der Waals surface area contributed by atoms with Crippen molar-refractivity contribution < 1.29 is 10.0 Å². The average Bonchev–Trinajstić information content (AvgIpc) is 2.86. The van der Waals surface area contributed by atoms with Crippen LogP contribution in [0.15, 0.2) is 23.9 Å². The number of amidine groups is 1. The minimum Gasteiger partial charge on any atom is -0.409 e. The molecule has 1 fully saturated rings. The summed E-state index contributed by atoms with van der Waals surface area (Å²) in [6.45, 7) is 4.60. The van der Waals surface area contributed by atoms with Crippen molar-refractivity contribution in [3.05, 3.63) is 18.7 Å². The van der Waals surface area contributed by atoms with Gasteiger partial charge in [0.1, 0.15) is 5.41 Å². The van der Waals surface area contributed by atoms with Gasteiger partial charge in [0, 0.05) is 25.0 Å². The average molecular weight is 279 g/mol. The molecule has 4 N–H and O–H groups in total.